The van der Waals surface area contributed by atoms with Crippen molar-refractivity contribution >= 4 is 17.7 Å². The third-order valence-electron chi connectivity index (χ3n) is 3.90. The standard InChI is InChI=1S/C15H22N4OS/c16-15(19-6-8-21-9-7-19)18-11-12-4-5-17-14(10-12)20-13-2-1-3-13/h4-5,10,13H,1-3,6-9,11H2,(H2,16,18). The normalized spacial score (nSPS) is 20.2. The molecule has 2 N–H and O–H groups in total. The van der Waals surface area contributed by atoms with Crippen molar-refractivity contribution in [2.24, 2.45) is 10.7 Å². The Kier molecular flexibility index (Phi) is 4.85. The molecule has 0 radical (unpaired) electrons. The summed E-state index contributed by atoms with van der Waals surface area (Å²) >= 11 is 1.97. The van der Waals surface area contributed by atoms with E-state index in [1.165, 1.54) is 6.42 Å². The number of guanidine groups is 1. The van der Waals surface area contributed by atoms with Gasteiger partial charge in [-0.3, -0.25) is 0 Å². The Morgan fingerprint density at radius 1 is 1.43 bits per heavy atom. The van der Waals surface area contributed by atoms with E-state index in [-0.39, 0.29) is 0 Å². The van der Waals surface area contributed by atoms with E-state index >= 15 is 0 Å². The third kappa shape index (κ3) is 4.03. The van der Waals surface area contributed by atoms with Gasteiger partial charge in [0.25, 0.3) is 0 Å². The first-order chi connectivity index (χ1) is 10.3. The SMILES string of the molecule is NC(=NCc1ccnc(OC2CCC2)c1)N1CCSCC1. The van der Waals surface area contributed by atoms with Crippen molar-refractivity contribution < 1.29 is 4.74 Å². The van der Waals surface area contributed by atoms with Gasteiger partial charge in [-0.2, -0.15) is 11.8 Å². The number of hydrogen-bond donors (Lipinski definition) is 1. The van der Waals surface area contributed by atoms with Crippen molar-refractivity contribution in [1.29, 1.82) is 0 Å². The van der Waals surface area contributed by atoms with Crippen LogP contribution in [0.3, 0.4) is 0 Å². The maximum atomic E-state index is 6.07. The molecule has 1 aromatic heterocycles. The van der Waals surface area contributed by atoms with E-state index in [9.17, 15) is 0 Å². The molecule has 0 aromatic carbocycles. The number of nitrogens with two attached hydrogens (primary N) is 1. The van der Waals surface area contributed by atoms with Crippen LogP contribution in [0, 0.1) is 0 Å². The first-order valence-corrected chi connectivity index (χ1v) is 8.71. The molecule has 0 atom stereocenters. The fourth-order valence-corrected chi connectivity index (χ4v) is 3.24. The number of thioether (sulfide) groups is 1. The molecule has 5 nitrogen and oxygen atoms in total. The highest BCUT2D eigenvalue weighted by molar-refractivity contribution is 7.99. The van der Waals surface area contributed by atoms with Crippen molar-refractivity contribution in [3.63, 3.8) is 0 Å². The molecular formula is C15H22N4OS. The van der Waals surface area contributed by atoms with E-state index in [4.69, 9.17) is 10.5 Å². The van der Waals surface area contributed by atoms with Gasteiger partial charge in [-0.05, 0) is 30.9 Å². The van der Waals surface area contributed by atoms with E-state index in [0.717, 1.165) is 43.0 Å². The fraction of sp³-hybridized carbons (Fsp3) is 0.600. The van der Waals surface area contributed by atoms with Crippen LogP contribution >= 0.6 is 11.8 Å². The second kappa shape index (κ2) is 7.02. The summed E-state index contributed by atoms with van der Waals surface area (Å²) < 4.78 is 5.81. The molecule has 3 rings (SSSR count). The topological polar surface area (TPSA) is 63.7 Å². The molecule has 1 saturated carbocycles. The lowest BCUT2D eigenvalue weighted by Gasteiger charge is -2.27. The van der Waals surface area contributed by atoms with Crippen LogP contribution in [0.2, 0.25) is 0 Å². The van der Waals surface area contributed by atoms with Crippen LogP contribution in [0.25, 0.3) is 0 Å². The van der Waals surface area contributed by atoms with E-state index in [0.29, 0.717) is 24.5 Å². The Balaban J connectivity index is 1.57. The van der Waals surface area contributed by atoms with Gasteiger partial charge in [-0.1, -0.05) is 0 Å². The molecule has 0 spiro atoms. The summed E-state index contributed by atoms with van der Waals surface area (Å²) in [5.41, 5.74) is 7.16. The first-order valence-electron chi connectivity index (χ1n) is 7.55. The summed E-state index contributed by atoms with van der Waals surface area (Å²) in [6, 6.07) is 3.94. The molecule has 1 aliphatic heterocycles. The molecule has 2 fully saturated rings. The van der Waals surface area contributed by atoms with Gasteiger partial charge in [0.15, 0.2) is 5.96 Å². The average Bonchev–Trinajstić information content (AvgIpc) is 2.50. The minimum Gasteiger partial charge on any atom is -0.474 e. The zero-order valence-corrected chi connectivity index (χ0v) is 13.0. The van der Waals surface area contributed by atoms with Gasteiger partial charge >= 0.3 is 0 Å². The van der Waals surface area contributed by atoms with Gasteiger partial charge in [-0.25, -0.2) is 9.98 Å². The largest absolute Gasteiger partial charge is 0.474 e. The number of hydrogen-bond acceptors (Lipinski definition) is 4. The molecule has 0 unspecified atom stereocenters. The summed E-state index contributed by atoms with van der Waals surface area (Å²) in [5.74, 6) is 3.62. The summed E-state index contributed by atoms with van der Waals surface area (Å²) in [7, 11) is 0. The van der Waals surface area contributed by atoms with Gasteiger partial charge in [0.1, 0.15) is 6.10 Å². The summed E-state index contributed by atoms with van der Waals surface area (Å²) in [6.45, 7) is 2.57. The van der Waals surface area contributed by atoms with Crippen LogP contribution < -0.4 is 10.5 Å². The minimum atomic E-state index is 0.354. The van der Waals surface area contributed by atoms with Gasteiger partial charge in [0.2, 0.25) is 5.88 Å². The number of ether oxygens (including phenoxy) is 1. The summed E-state index contributed by atoms with van der Waals surface area (Å²) in [5, 5.41) is 0. The van der Waals surface area contributed by atoms with Crippen molar-refractivity contribution in [3.8, 4) is 5.88 Å². The quantitative estimate of drug-likeness (QED) is 0.680. The third-order valence-corrected chi connectivity index (χ3v) is 4.84. The second-order valence-electron chi connectivity index (χ2n) is 5.45. The highest BCUT2D eigenvalue weighted by atomic mass is 32.2. The lowest BCUT2D eigenvalue weighted by Crippen LogP contribution is -2.42. The Labute approximate surface area is 130 Å². The Morgan fingerprint density at radius 2 is 2.24 bits per heavy atom. The number of pyridine rings is 1. The molecule has 0 bridgehead atoms. The van der Waals surface area contributed by atoms with E-state index in [1.807, 2.05) is 23.9 Å². The maximum Gasteiger partial charge on any atom is 0.213 e. The lowest BCUT2D eigenvalue weighted by atomic mass is 9.96. The predicted octanol–water partition coefficient (Wildman–Crippen LogP) is 1.88. The first kappa shape index (κ1) is 14.5. The minimum absolute atomic E-state index is 0.354. The Bertz CT molecular complexity index is 498. The maximum absolute atomic E-state index is 6.07. The zero-order valence-electron chi connectivity index (χ0n) is 12.2. The summed E-state index contributed by atoms with van der Waals surface area (Å²) in [4.78, 5) is 10.9. The number of rotatable bonds is 4. The van der Waals surface area contributed by atoms with Gasteiger partial charge in [-0.15, -0.1) is 0 Å². The van der Waals surface area contributed by atoms with Crippen molar-refractivity contribution in [1.82, 2.24) is 9.88 Å². The molecule has 0 amide bonds. The second-order valence-corrected chi connectivity index (χ2v) is 6.67. The van der Waals surface area contributed by atoms with E-state index in [1.54, 1.807) is 6.20 Å². The van der Waals surface area contributed by atoms with Crippen LogP contribution in [0.5, 0.6) is 5.88 Å². The molecule has 2 heterocycles. The Morgan fingerprint density at radius 3 is 2.95 bits per heavy atom. The predicted molar refractivity (Wildman–Crippen MR) is 86.7 cm³/mol. The number of aliphatic imine (C=N–C) groups is 1. The van der Waals surface area contributed by atoms with Crippen molar-refractivity contribution in [3.05, 3.63) is 23.9 Å². The summed E-state index contributed by atoms with van der Waals surface area (Å²) in [6.07, 6.45) is 5.69. The van der Waals surface area contributed by atoms with Crippen LogP contribution in [0.1, 0.15) is 24.8 Å². The monoisotopic (exact) mass is 306 g/mol. The molecule has 2 aliphatic rings. The fourth-order valence-electron chi connectivity index (χ4n) is 2.34. The van der Waals surface area contributed by atoms with E-state index < -0.39 is 0 Å². The molecule has 1 saturated heterocycles. The zero-order chi connectivity index (χ0) is 14.5. The van der Waals surface area contributed by atoms with Crippen LogP contribution in [0.4, 0.5) is 0 Å². The molecule has 1 aliphatic carbocycles. The van der Waals surface area contributed by atoms with Crippen LogP contribution in [-0.2, 0) is 6.54 Å². The Hall–Kier alpha value is -1.43. The molecule has 1 aromatic rings. The van der Waals surface area contributed by atoms with Crippen molar-refractivity contribution in [2.75, 3.05) is 24.6 Å². The highest BCUT2D eigenvalue weighted by Gasteiger charge is 2.19. The number of nitrogens with zero attached hydrogens (tertiary/aromatic N) is 3. The average molecular weight is 306 g/mol. The molecular weight excluding hydrogens is 284 g/mol. The van der Waals surface area contributed by atoms with Crippen LogP contribution in [0.15, 0.2) is 23.3 Å². The lowest BCUT2D eigenvalue weighted by molar-refractivity contribution is 0.114. The van der Waals surface area contributed by atoms with Gasteiger partial charge in [0.05, 0.1) is 6.54 Å². The molecule has 114 valence electrons. The van der Waals surface area contributed by atoms with Crippen LogP contribution in [-0.4, -0.2) is 46.5 Å². The number of aromatic nitrogens is 1. The van der Waals surface area contributed by atoms with Gasteiger partial charge < -0.3 is 15.4 Å². The highest BCUT2D eigenvalue weighted by Crippen LogP contribution is 2.24. The smallest absolute Gasteiger partial charge is 0.213 e. The van der Waals surface area contributed by atoms with Crippen molar-refractivity contribution in [2.45, 2.75) is 31.9 Å². The van der Waals surface area contributed by atoms with Gasteiger partial charge in [0, 0.05) is 36.9 Å². The molecule has 6 heteroatoms. The van der Waals surface area contributed by atoms with E-state index in [2.05, 4.69) is 14.9 Å². The molecule has 21 heavy (non-hydrogen) atoms.